The Labute approximate surface area is 154 Å². The molecule has 4 nitrogen and oxygen atoms in total. The predicted molar refractivity (Wildman–Crippen MR) is 101 cm³/mol. The van der Waals surface area contributed by atoms with Crippen molar-refractivity contribution in [2.75, 3.05) is 26.9 Å². The molecule has 0 amide bonds. The molecule has 2 aromatic rings. The number of benzene rings is 2. The van der Waals surface area contributed by atoms with Gasteiger partial charge < -0.3 is 14.6 Å². The molecular weight excluding hydrogens is 333 g/mol. The molecule has 0 aromatic heterocycles. The highest BCUT2D eigenvalue weighted by atomic mass is 19.1. The van der Waals surface area contributed by atoms with Crippen LogP contribution in [-0.2, 0) is 17.8 Å². The van der Waals surface area contributed by atoms with Crippen LogP contribution >= 0.6 is 0 Å². The third-order valence-corrected chi connectivity index (χ3v) is 3.87. The van der Waals surface area contributed by atoms with E-state index in [2.05, 4.69) is 11.5 Å². The summed E-state index contributed by atoms with van der Waals surface area (Å²) >= 11 is 0. The van der Waals surface area contributed by atoms with Crippen molar-refractivity contribution in [1.82, 2.24) is 4.90 Å². The molecule has 0 aliphatic heterocycles. The molecule has 0 aliphatic carbocycles. The first-order valence-corrected chi connectivity index (χ1v) is 8.57. The smallest absolute Gasteiger partial charge is 0.123 e. The molecule has 140 valence electrons. The molecule has 0 aliphatic rings. The Morgan fingerprint density at radius 2 is 1.88 bits per heavy atom. The van der Waals surface area contributed by atoms with Crippen LogP contribution in [0.25, 0.3) is 0 Å². The third-order valence-electron chi connectivity index (χ3n) is 3.87. The van der Waals surface area contributed by atoms with Crippen LogP contribution in [0.3, 0.4) is 0 Å². The molecule has 0 bridgehead atoms. The van der Waals surface area contributed by atoms with Crippen LogP contribution in [0, 0.1) is 5.82 Å². The first-order valence-electron chi connectivity index (χ1n) is 8.57. The SMILES string of the molecule is C=CCOC[C@H](O)CN(Cc1ccc(F)cc1)Cc1cccc(OC)c1. The van der Waals surface area contributed by atoms with E-state index in [-0.39, 0.29) is 12.4 Å². The summed E-state index contributed by atoms with van der Waals surface area (Å²) in [7, 11) is 1.64. The van der Waals surface area contributed by atoms with Crippen LogP contribution in [0.1, 0.15) is 11.1 Å². The Morgan fingerprint density at radius 1 is 1.15 bits per heavy atom. The van der Waals surface area contributed by atoms with Gasteiger partial charge in [-0.1, -0.05) is 30.3 Å². The van der Waals surface area contributed by atoms with Crippen LogP contribution in [0.2, 0.25) is 0 Å². The van der Waals surface area contributed by atoms with E-state index in [0.717, 1.165) is 16.9 Å². The van der Waals surface area contributed by atoms with E-state index < -0.39 is 6.10 Å². The minimum absolute atomic E-state index is 0.240. The Hall–Kier alpha value is -2.21. The molecule has 0 radical (unpaired) electrons. The van der Waals surface area contributed by atoms with Gasteiger partial charge in [0.25, 0.3) is 0 Å². The van der Waals surface area contributed by atoms with Gasteiger partial charge in [-0.25, -0.2) is 4.39 Å². The van der Waals surface area contributed by atoms with Gasteiger partial charge in [-0.2, -0.15) is 0 Å². The first kappa shape index (κ1) is 20.1. The van der Waals surface area contributed by atoms with Crippen molar-refractivity contribution in [2.45, 2.75) is 19.2 Å². The number of nitrogens with zero attached hydrogens (tertiary/aromatic N) is 1. The van der Waals surface area contributed by atoms with Gasteiger partial charge in [-0.05, 0) is 35.4 Å². The van der Waals surface area contributed by atoms with Crippen LogP contribution in [0.15, 0.2) is 61.2 Å². The van der Waals surface area contributed by atoms with Gasteiger partial charge in [0.2, 0.25) is 0 Å². The van der Waals surface area contributed by atoms with E-state index in [4.69, 9.17) is 9.47 Å². The van der Waals surface area contributed by atoms with Crippen LogP contribution < -0.4 is 4.74 Å². The summed E-state index contributed by atoms with van der Waals surface area (Å²) in [6.45, 7) is 5.90. The Bertz CT molecular complexity index is 675. The molecule has 26 heavy (non-hydrogen) atoms. The number of hydrogen-bond donors (Lipinski definition) is 1. The monoisotopic (exact) mass is 359 g/mol. The van der Waals surface area contributed by atoms with Crippen molar-refractivity contribution in [3.63, 3.8) is 0 Å². The second-order valence-corrected chi connectivity index (χ2v) is 6.13. The zero-order chi connectivity index (χ0) is 18.8. The van der Waals surface area contributed by atoms with E-state index in [1.807, 2.05) is 24.3 Å². The lowest BCUT2D eigenvalue weighted by molar-refractivity contribution is 0.0228. The third kappa shape index (κ3) is 6.96. The van der Waals surface area contributed by atoms with Crippen molar-refractivity contribution in [3.05, 3.63) is 78.1 Å². The molecule has 0 saturated carbocycles. The van der Waals surface area contributed by atoms with Crippen LogP contribution in [0.4, 0.5) is 4.39 Å². The van der Waals surface area contributed by atoms with E-state index in [9.17, 15) is 9.50 Å². The average molecular weight is 359 g/mol. The first-order chi connectivity index (χ1) is 12.6. The lowest BCUT2D eigenvalue weighted by atomic mass is 10.1. The molecule has 0 saturated heterocycles. The van der Waals surface area contributed by atoms with Crippen molar-refractivity contribution >= 4 is 0 Å². The van der Waals surface area contributed by atoms with Crippen LogP contribution in [-0.4, -0.2) is 43.0 Å². The zero-order valence-corrected chi connectivity index (χ0v) is 15.1. The topological polar surface area (TPSA) is 41.9 Å². The van der Waals surface area contributed by atoms with Gasteiger partial charge in [0.05, 0.1) is 26.4 Å². The van der Waals surface area contributed by atoms with Crippen molar-refractivity contribution in [2.24, 2.45) is 0 Å². The molecule has 5 heteroatoms. The summed E-state index contributed by atoms with van der Waals surface area (Å²) in [4.78, 5) is 2.10. The maximum absolute atomic E-state index is 13.1. The number of hydrogen-bond acceptors (Lipinski definition) is 4. The van der Waals surface area contributed by atoms with Crippen molar-refractivity contribution in [3.8, 4) is 5.75 Å². The molecule has 1 N–H and O–H groups in total. The molecule has 2 rings (SSSR count). The highest BCUT2D eigenvalue weighted by molar-refractivity contribution is 5.28. The molecule has 0 unspecified atom stereocenters. The second kappa shape index (κ2) is 10.7. The quantitative estimate of drug-likeness (QED) is 0.493. The maximum atomic E-state index is 13.1. The summed E-state index contributed by atoms with van der Waals surface area (Å²) in [6.07, 6.45) is 1.03. The molecular formula is C21H26FNO3. The van der Waals surface area contributed by atoms with Gasteiger partial charge in [0.1, 0.15) is 11.6 Å². The lowest BCUT2D eigenvalue weighted by Crippen LogP contribution is -2.34. The minimum Gasteiger partial charge on any atom is -0.497 e. The maximum Gasteiger partial charge on any atom is 0.123 e. The van der Waals surface area contributed by atoms with E-state index in [1.165, 1.54) is 12.1 Å². The summed E-state index contributed by atoms with van der Waals surface area (Å²) in [5.41, 5.74) is 2.05. The van der Waals surface area contributed by atoms with Gasteiger partial charge in [0, 0.05) is 19.6 Å². The highest BCUT2D eigenvalue weighted by Gasteiger charge is 2.14. The highest BCUT2D eigenvalue weighted by Crippen LogP contribution is 2.16. The number of rotatable bonds is 11. The van der Waals surface area contributed by atoms with E-state index in [0.29, 0.717) is 26.2 Å². The summed E-state index contributed by atoms with van der Waals surface area (Å²) in [5, 5.41) is 10.3. The fraction of sp³-hybridized carbons (Fsp3) is 0.333. The Morgan fingerprint density at radius 3 is 2.58 bits per heavy atom. The molecule has 0 fully saturated rings. The summed E-state index contributed by atoms with van der Waals surface area (Å²) in [5.74, 6) is 0.532. The normalized spacial score (nSPS) is 12.2. The van der Waals surface area contributed by atoms with Gasteiger partial charge in [-0.15, -0.1) is 6.58 Å². The zero-order valence-electron chi connectivity index (χ0n) is 15.1. The fourth-order valence-electron chi connectivity index (χ4n) is 2.70. The number of aliphatic hydroxyl groups is 1. The Kier molecular flexibility index (Phi) is 8.28. The van der Waals surface area contributed by atoms with Gasteiger partial charge in [0.15, 0.2) is 0 Å². The largest absolute Gasteiger partial charge is 0.497 e. The van der Waals surface area contributed by atoms with Crippen LogP contribution in [0.5, 0.6) is 5.75 Å². The standard InChI is InChI=1S/C21H26FNO3/c1-3-11-26-16-20(24)15-23(13-17-7-9-19(22)10-8-17)14-18-5-4-6-21(12-18)25-2/h3-10,12,20,24H,1,11,13-16H2,2H3/t20-/m1/s1. The van der Waals surface area contributed by atoms with E-state index >= 15 is 0 Å². The summed E-state index contributed by atoms with van der Waals surface area (Å²) < 4.78 is 23.8. The van der Waals surface area contributed by atoms with Crippen molar-refractivity contribution < 1.29 is 19.0 Å². The number of ether oxygens (including phenoxy) is 2. The average Bonchev–Trinajstić information content (AvgIpc) is 2.64. The fourth-order valence-corrected chi connectivity index (χ4v) is 2.70. The Balaban J connectivity index is 2.06. The molecule has 0 spiro atoms. The minimum atomic E-state index is -0.624. The summed E-state index contributed by atoms with van der Waals surface area (Å²) in [6, 6.07) is 14.2. The molecule has 2 aromatic carbocycles. The number of aliphatic hydroxyl groups excluding tert-OH is 1. The van der Waals surface area contributed by atoms with Gasteiger partial charge >= 0.3 is 0 Å². The second-order valence-electron chi connectivity index (χ2n) is 6.13. The number of methoxy groups -OCH3 is 1. The van der Waals surface area contributed by atoms with Gasteiger partial charge in [-0.3, -0.25) is 4.90 Å². The predicted octanol–water partition coefficient (Wildman–Crippen LogP) is 3.40. The lowest BCUT2D eigenvalue weighted by Gasteiger charge is -2.25. The van der Waals surface area contributed by atoms with E-state index in [1.54, 1.807) is 25.3 Å². The van der Waals surface area contributed by atoms with Crippen molar-refractivity contribution in [1.29, 1.82) is 0 Å². The molecule has 0 heterocycles. The molecule has 1 atom stereocenters. The number of halogens is 1.